The van der Waals surface area contributed by atoms with Crippen LogP contribution in [0.3, 0.4) is 0 Å². The molecule has 0 aromatic heterocycles. The van der Waals surface area contributed by atoms with Gasteiger partial charge < -0.3 is 4.74 Å². The molecule has 0 saturated heterocycles. The van der Waals surface area contributed by atoms with Gasteiger partial charge in [0.15, 0.2) is 5.75 Å². The van der Waals surface area contributed by atoms with E-state index < -0.39 is 10.7 Å². The maximum absolute atomic E-state index is 12.9. The van der Waals surface area contributed by atoms with Crippen molar-refractivity contribution in [1.82, 2.24) is 0 Å². The van der Waals surface area contributed by atoms with E-state index in [9.17, 15) is 14.5 Å². The number of hydrogen-bond acceptors (Lipinski definition) is 4. The lowest BCUT2D eigenvalue weighted by Crippen LogP contribution is -2.14. The van der Waals surface area contributed by atoms with Gasteiger partial charge in [0.05, 0.1) is 17.6 Å². The number of rotatable bonds is 7. The zero-order valence-corrected chi connectivity index (χ0v) is 11.0. The molecular formula is C12H16FNO3S. The quantitative estimate of drug-likeness (QED) is 0.470. The highest BCUT2D eigenvalue weighted by molar-refractivity contribution is 7.80. The summed E-state index contributed by atoms with van der Waals surface area (Å²) in [4.78, 5) is 10.1. The summed E-state index contributed by atoms with van der Waals surface area (Å²) in [5, 5.41) is 10.8. The second-order valence-electron chi connectivity index (χ2n) is 4.02. The predicted molar refractivity (Wildman–Crippen MR) is 70.8 cm³/mol. The SMILES string of the molecule is CCCC(CS)COc1ccc(F)cc1[N+](=O)[O-]. The van der Waals surface area contributed by atoms with Gasteiger partial charge in [-0.25, -0.2) is 4.39 Å². The van der Waals surface area contributed by atoms with E-state index in [2.05, 4.69) is 19.6 Å². The van der Waals surface area contributed by atoms with Crippen LogP contribution in [0.15, 0.2) is 18.2 Å². The molecule has 0 heterocycles. The Morgan fingerprint density at radius 2 is 2.28 bits per heavy atom. The van der Waals surface area contributed by atoms with Crippen LogP contribution in [-0.2, 0) is 0 Å². The zero-order valence-electron chi connectivity index (χ0n) is 10.1. The van der Waals surface area contributed by atoms with Gasteiger partial charge in [0.25, 0.3) is 0 Å². The summed E-state index contributed by atoms with van der Waals surface area (Å²) < 4.78 is 18.3. The molecule has 0 saturated carbocycles. The lowest BCUT2D eigenvalue weighted by atomic mass is 10.1. The van der Waals surface area contributed by atoms with Crippen molar-refractivity contribution in [1.29, 1.82) is 0 Å². The van der Waals surface area contributed by atoms with E-state index >= 15 is 0 Å². The van der Waals surface area contributed by atoms with Crippen molar-refractivity contribution in [3.63, 3.8) is 0 Å². The minimum absolute atomic E-state index is 0.101. The third-order valence-corrected chi connectivity index (χ3v) is 3.06. The highest BCUT2D eigenvalue weighted by Crippen LogP contribution is 2.28. The van der Waals surface area contributed by atoms with Gasteiger partial charge in [-0.15, -0.1) is 0 Å². The zero-order chi connectivity index (χ0) is 13.5. The Morgan fingerprint density at radius 1 is 1.56 bits per heavy atom. The summed E-state index contributed by atoms with van der Waals surface area (Å²) in [5.41, 5.74) is -0.343. The van der Waals surface area contributed by atoms with Crippen LogP contribution in [0.1, 0.15) is 19.8 Å². The van der Waals surface area contributed by atoms with Crippen molar-refractivity contribution < 1.29 is 14.1 Å². The number of halogens is 1. The molecule has 6 heteroatoms. The van der Waals surface area contributed by atoms with Crippen molar-refractivity contribution in [2.45, 2.75) is 19.8 Å². The van der Waals surface area contributed by atoms with Crippen molar-refractivity contribution in [3.8, 4) is 5.75 Å². The fourth-order valence-electron chi connectivity index (χ4n) is 1.60. The first-order valence-electron chi connectivity index (χ1n) is 5.76. The fourth-order valence-corrected chi connectivity index (χ4v) is 1.89. The van der Waals surface area contributed by atoms with Crippen LogP contribution in [0.25, 0.3) is 0 Å². The monoisotopic (exact) mass is 273 g/mol. The number of nitro groups is 1. The number of ether oxygens (including phenoxy) is 1. The topological polar surface area (TPSA) is 52.4 Å². The van der Waals surface area contributed by atoms with Crippen LogP contribution in [0.5, 0.6) is 5.75 Å². The first-order chi connectivity index (χ1) is 8.58. The number of benzene rings is 1. The molecule has 1 aromatic rings. The van der Waals surface area contributed by atoms with Gasteiger partial charge in [-0.1, -0.05) is 13.3 Å². The van der Waals surface area contributed by atoms with Gasteiger partial charge in [-0.2, -0.15) is 12.6 Å². The molecule has 0 spiro atoms. The molecule has 1 rings (SSSR count). The molecule has 4 nitrogen and oxygen atoms in total. The molecule has 0 amide bonds. The van der Waals surface area contributed by atoms with Gasteiger partial charge >= 0.3 is 5.69 Å². The van der Waals surface area contributed by atoms with Crippen LogP contribution in [0.4, 0.5) is 10.1 Å². The van der Waals surface area contributed by atoms with Crippen LogP contribution < -0.4 is 4.74 Å². The Morgan fingerprint density at radius 3 is 2.83 bits per heavy atom. The Kier molecular flexibility index (Phi) is 5.91. The average molecular weight is 273 g/mol. The smallest absolute Gasteiger partial charge is 0.313 e. The predicted octanol–water partition coefficient (Wildman–Crippen LogP) is 3.46. The highest BCUT2D eigenvalue weighted by atomic mass is 32.1. The first-order valence-corrected chi connectivity index (χ1v) is 6.39. The van der Waals surface area contributed by atoms with E-state index in [-0.39, 0.29) is 17.4 Å². The molecular weight excluding hydrogens is 257 g/mol. The summed E-state index contributed by atoms with van der Waals surface area (Å²) in [6.45, 7) is 2.40. The van der Waals surface area contributed by atoms with Gasteiger partial charge in [0, 0.05) is 5.92 Å². The van der Waals surface area contributed by atoms with Gasteiger partial charge in [0.2, 0.25) is 0 Å². The Labute approximate surface area is 111 Å². The number of nitrogens with zero attached hydrogens (tertiary/aromatic N) is 1. The minimum atomic E-state index is -0.645. The molecule has 0 aliphatic rings. The van der Waals surface area contributed by atoms with E-state index in [4.69, 9.17) is 4.74 Å². The lowest BCUT2D eigenvalue weighted by molar-refractivity contribution is -0.386. The highest BCUT2D eigenvalue weighted by Gasteiger charge is 2.17. The van der Waals surface area contributed by atoms with Crippen LogP contribution in [0, 0.1) is 21.8 Å². The fraction of sp³-hybridized carbons (Fsp3) is 0.500. The Bertz CT molecular complexity index is 414. The van der Waals surface area contributed by atoms with Crippen molar-refractivity contribution in [2.75, 3.05) is 12.4 Å². The minimum Gasteiger partial charge on any atom is -0.486 e. The van der Waals surface area contributed by atoms with Gasteiger partial charge in [-0.3, -0.25) is 10.1 Å². The third kappa shape index (κ3) is 4.18. The van der Waals surface area contributed by atoms with Crippen LogP contribution in [0.2, 0.25) is 0 Å². The number of nitro benzene ring substituents is 1. The maximum atomic E-state index is 12.9. The van der Waals surface area contributed by atoms with E-state index in [1.165, 1.54) is 6.07 Å². The number of hydrogen-bond donors (Lipinski definition) is 1. The van der Waals surface area contributed by atoms with E-state index in [1.807, 2.05) is 0 Å². The summed E-state index contributed by atoms with van der Waals surface area (Å²) in [7, 11) is 0. The molecule has 0 radical (unpaired) electrons. The second kappa shape index (κ2) is 7.20. The van der Waals surface area contributed by atoms with Crippen LogP contribution in [-0.4, -0.2) is 17.3 Å². The summed E-state index contributed by atoms with van der Waals surface area (Å²) in [5.74, 6) is 0.351. The molecule has 0 aliphatic heterocycles. The van der Waals surface area contributed by atoms with E-state index in [0.717, 1.165) is 25.0 Å². The van der Waals surface area contributed by atoms with Crippen LogP contribution >= 0.6 is 12.6 Å². The molecule has 0 N–H and O–H groups in total. The molecule has 1 atom stereocenters. The van der Waals surface area contributed by atoms with Gasteiger partial charge in [-0.05, 0) is 24.3 Å². The maximum Gasteiger partial charge on any atom is 0.313 e. The molecule has 1 aromatic carbocycles. The average Bonchev–Trinajstić information content (AvgIpc) is 2.35. The summed E-state index contributed by atoms with van der Waals surface area (Å²) in [6, 6.07) is 3.30. The first kappa shape index (κ1) is 14.8. The second-order valence-corrected chi connectivity index (χ2v) is 4.38. The van der Waals surface area contributed by atoms with Crippen molar-refractivity contribution in [3.05, 3.63) is 34.1 Å². The molecule has 100 valence electrons. The molecule has 18 heavy (non-hydrogen) atoms. The van der Waals surface area contributed by atoms with Crippen molar-refractivity contribution in [2.24, 2.45) is 5.92 Å². The molecule has 0 bridgehead atoms. The normalized spacial score (nSPS) is 12.2. The standard InChI is InChI=1S/C12H16FNO3S/c1-2-3-9(8-18)7-17-12-5-4-10(13)6-11(12)14(15)16/h4-6,9,18H,2-3,7-8H2,1H3. The molecule has 0 aliphatic carbocycles. The Balaban J connectivity index is 2.74. The summed E-state index contributed by atoms with van der Waals surface area (Å²) in [6.07, 6.45) is 1.94. The Hall–Kier alpha value is -1.30. The van der Waals surface area contributed by atoms with E-state index in [0.29, 0.717) is 12.4 Å². The van der Waals surface area contributed by atoms with Gasteiger partial charge in [0.1, 0.15) is 5.82 Å². The lowest BCUT2D eigenvalue weighted by Gasteiger charge is -2.14. The summed E-state index contributed by atoms with van der Waals surface area (Å²) >= 11 is 4.20. The largest absolute Gasteiger partial charge is 0.486 e. The molecule has 1 unspecified atom stereocenters. The number of thiol groups is 1. The third-order valence-electron chi connectivity index (χ3n) is 2.55. The molecule has 0 fully saturated rings. The van der Waals surface area contributed by atoms with E-state index in [1.54, 1.807) is 0 Å². The van der Waals surface area contributed by atoms with Crippen molar-refractivity contribution >= 4 is 18.3 Å².